The van der Waals surface area contributed by atoms with Gasteiger partial charge in [-0.15, -0.1) is 11.3 Å². The number of likely N-dealkylation sites (tertiary alicyclic amines) is 1. The number of carbonyl (C=O) groups is 1. The number of aromatic nitrogens is 4. The van der Waals surface area contributed by atoms with Gasteiger partial charge in [0, 0.05) is 18.0 Å². The first kappa shape index (κ1) is 21.3. The first-order chi connectivity index (χ1) is 15.9. The van der Waals surface area contributed by atoms with E-state index in [0.29, 0.717) is 18.0 Å². The van der Waals surface area contributed by atoms with Gasteiger partial charge in [-0.05, 0) is 50.5 Å². The van der Waals surface area contributed by atoms with Crippen LogP contribution in [-0.4, -0.2) is 43.6 Å². The number of rotatable bonds is 4. The maximum absolute atomic E-state index is 12.2. The van der Waals surface area contributed by atoms with E-state index >= 15 is 0 Å². The van der Waals surface area contributed by atoms with Crippen molar-refractivity contribution in [3.8, 4) is 21.0 Å². The van der Waals surface area contributed by atoms with Crippen molar-refractivity contribution in [3.05, 3.63) is 60.4 Å². The van der Waals surface area contributed by atoms with Crippen LogP contribution in [0.3, 0.4) is 0 Å². The molecule has 168 valence electrons. The minimum Gasteiger partial charge on any atom is -0.383 e. The lowest BCUT2D eigenvalue weighted by molar-refractivity contribution is -0.127. The molecule has 0 unspecified atom stereocenters. The number of hydrogen-bond acceptors (Lipinski definition) is 6. The lowest BCUT2D eigenvalue weighted by Crippen LogP contribution is -2.40. The predicted octanol–water partition coefficient (Wildman–Crippen LogP) is 4.77. The lowest BCUT2D eigenvalue weighted by Gasteiger charge is -2.32. The van der Waals surface area contributed by atoms with E-state index in [-0.39, 0.29) is 11.9 Å². The zero-order valence-electron chi connectivity index (χ0n) is 18.8. The molecule has 1 amide bonds. The zero-order valence-corrected chi connectivity index (χ0v) is 19.6. The first-order valence-corrected chi connectivity index (χ1v) is 11.8. The Kier molecular flexibility index (Phi) is 5.46. The molecule has 0 saturated carbocycles. The Hall–Kier alpha value is -3.52. The molecular formula is C25H26N6OS. The summed E-state index contributed by atoms with van der Waals surface area (Å²) in [7, 11) is 0. The Morgan fingerprint density at radius 1 is 1.18 bits per heavy atom. The van der Waals surface area contributed by atoms with Crippen molar-refractivity contribution in [2.75, 3.05) is 18.8 Å². The average molecular weight is 459 g/mol. The zero-order chi connectivity index (χ0) is 23.1. The van der Waals surface area contributed by atoms with Crippen LogP contribution in [0.1, 0.15) is 30.0 Å². The van der Waals surface area contributed by atoms with Crippen LogP contribution in [0.2, 0.25) is 0 Å². The highest BCUT2D eigenvalue weighted by Gasteiger charge is 2.28. The highest BCUT2D eigenvalue weighted by molar-refractivity contribution is 7.18. The van der Waals surface area contributed by atoms with E-state index < -0.39 is 0 Å². The molecule has 0 aliphatic carbocycles. The van der Waals surface area contributed by atoms with Gasteiger partial charge in [-0.3, -0.25) is 4.79 Å². The van der Waals surface area contributed by atoms with Gasteiger partial charge in [0.2, 0.25) is 5.91 Å². The Bertz CT molecular complexity index is 1350. The molecule has 1 atom stereocenters. The van der Waals surface area contributed by atoms with Crippen molar-refractivity contribution < 1.29 is 4.79 Å². The Morgan fingerprint density at radius 3 is 2.70 bits per heavy atom. The van der Waals surface area contributed by atoms with Gasteiger partial charge in [-0.2, -0.15) is 5.10 Å². The van der Waals surface area contributed by atoms with Gasteiger partial charge in [0.05, 0.1) is 16.3 Å². The van der Waals surface area contributed by atoms with Gasteiger partial charge in [0.1, 0.15) is 17.8 Å². The molecule has 0 bridgehead atoms. The summed E-state index contributed by atoms with van der Waals surface area (Å²) in [5.41, 5.74) is 11.5. The van der Waals surface area contributed by atoms with Crippen LogP contribution < -0.4 is 5.73 Å². The van der Waals surface area contributed by atoms with Crippen molar-refractivity contribution in [3.63, 3.8) is 0 Å². The summed E-state index contributed by atoms with van der Waals surface area (Å²) in [4.78, 5) is 25.0. The Labute approximate surface area is 196 Å². The second kappa shape index (κ2) is 8.44. The molecule has 0 radical (unpaired) electrons. The number of hydrogen-bond donors (Lipinski definition) is 1. The molecule has 5 rings (SSSR count). The summed E-state index contributed by atoms with van der Waals surface area (Å²) in [5, 5.41) is 5.75. The molecule has 7 nitrogen and oxygen atoms in total. The third-order valence-electron chi connectivity index (χ3n) is 6.09. The third kappa shape index (κ3) is 3.91. The Balaban J connectivity index is 1.58. The second-order valence-corrected chi connectivity index (χ2v) is 9.66. The van der Waals surface area contributed by atoms with E-state index in [1.54, 1.807) is 11.3 Å². The van der Waals surface area contributed by atoms with Gasteiger partial charge in [-0.25, -0.2) is 14.6 Å². The Morgan fingerprint density at radius 2 is 1.94 bits per heavy atom. The number of piperidine rings is 1. The topological polar surface area (TPSA) is 89.9 Å². The van der Waals surface area contributed by atoms with E-state index in [1.807, 2.05) is 9.58 Å². The number of nitrogens with zero attached hydrogens (tertiary/aromatic N) is 5. The minimum absolute atomic E-state index is 0.0204. The number of aryl methyl sites for hydroxylation is 2. The summed E-state index contributed by atoms with van der Waals surface area (Å²) in [6.45, 7) is 9.16. The number of carbonyl (C=O) groups excluding carboxylic acids is 1. The SMILES string of the molecule is C=CC(=O)N1CCC[C@@H](n2nc(-c3ccc(-c4cc(C)cc(C)c4)s3)c3c(N)ncnc32)C1. The molecule has 1 aliphatic rings. The van der Waals surface area contributed by atoms with Gasteiger partial charge in [0.25, 0.3) is 0 Å². The third-order valence-corrected chi connectivity index (χ3v) is 7.23. The smallest absolute Gasteiger partial charge is 0.246 e. The average Bonchev–Trinajstić information content (AvgIpc) is 3.44. The van der Waals surface area contributed by atoms with Crippen LogP contribution in [0.4, 0.5) is 5.82 Å². The summed E-state index contributed by atoms with van der Waals surface area (Å²) in [6, 6.07) is 10.8. The molecule has 2 N–H and O–H groups in total. The fourth-order valence-electron chi connectivity index (χ4n) is 4.64. The van der Waals surface area contributed by atoms with Crippen LogP contribution in [0.25, 0.3) is 32.0 Å². The molecular weight excluding hydrogens is 432 g/mol. The molecule has 1 saturated heterocycles. The van der Waals surface area contributed by atoms with Gasteiger partial charge in [-0.1, -0.05) is 35.9 Å². The number of fused-ring (bicyclic) bond motifs is 1. The van der Waals surface area contributed by atoms with E-state index in [0.717, 1.165) is 35.3 Å². The summed E-state index contributed by atoms with van der Waals surface area (Å²) in [6.07, 6.45) is 4.66. The van der Waals surface area contributed by atoms with Crippen molar-refractivity contribution in [1.82, 2.24) is 24.6 Å². The number of benzene rings is 1. The van der Waals surface area contributed by atoms with Crippen LogP contribution >= 0.6 is 11.3 Å². The molecule has 1 aromatic carbocycles. The van der Waals surface area contributed by atoms with Gasteiger partial charge < -0.3 is 10.6 Å². The van der Waals surface area contributed by atoms with Crippen LogP contribution in [0, 0.1) is 13.8 Å². The summed E-state index contributed by atoms with van der Waals surface area (Å²) < 4.78 is 1.93. The fourth-order valence-corrected chi connectivity index (χ4v) is 5.63. The molecule has 8 heteroatoms. The van der Waals surface area contributed by atoms with Crippen molar-refractivity contribution >= 4 is 34.1 Å². The molecule has 33 heavy (non-hydrogen) atoms. The van der Waals surface area contributed by atoms with E-state index in [2.05, 4.69) is 60.7 Å². The van der Waals surface area contributed by atoms with Crippen LogP contribution in [-0.2, 0) is 4.79 Å². The summed E-state index contributed by atoms with van der Waals surface area (Å²) >= 11 is 1.68. The predicted molar refractivity (Wildman–Crippen MR) is 133 cm³/mol. The monoisotopic (exact) mass is 458 g/mol. The minimum atomic E-state index is -0.0538. The van der Waals surface area contributed by atoms with Crippen LogP contribution in [0.15, 0.2) is 49.3 Å². The highest BCUT2D eigenvalue weighted by atomic mass is 32.1. The van der Waals surface area contributed by atoms with Crippen molar-refractivity contribution in [2.24, 2.45) is 0 Å². The lowest BCUT2D eigenvalue weighted by atomic mass is 10.1. The fraction of sp³-hybridized carbons (Fsp3) is 0.280. The highest BCUT2D eigenvalue weighted by Crippen LogP contribution is 2.39. The van der Waals surface area contributed by atoms with Crippen LogP contribution in [0.5, 0.6) is 0 Å². The molecule has 4 heterocycles. The van der Waals surface area contributed by atoms with E-state index in [9.17, 15) is 4.79 Å². The molecule has 1 fully saturated rings. The quantitative estimate of drug-likeness (QED) is 0.445. The maximum atomic E-state index is 12.2. The normalized spacial score (nSPS) is 16.3. The molecule has 4 aromatic rings. The molecule has 3 aromatic heterocycles. The van der Waals surface area contributed by atoms with Gasteiger partial charge in [0.15, 0.2) is 5.65 Å². The first-order valence-electron chi connectivity index (χ1n) is 11.0. The number of nitrogens with two attached hydrogens (primary N) is 1. The van der Waals surface area contributed by atoms with Crippen molar-refractivity contribution in [2.45, 2.75) is 32.7 Å². The maximum Gasteiger partial charge on any atom is 0.246 e. The molecule has 1 aliphatic heterocycles. The second-order valence-electron chi connectivity index (χ2n) is 8.58. The van der Waals surface area contributed by atoms with Gasteiger partial charge >= 0.3 is 0 Å². The molecule has 0 spiro atoms. The number of nitrogen functional groups attached to an aromatic ring is 1. The van der Waals surface area contributed by atoms with E-state index in [1.165, 1.54) is 34.0 Å². The number of amides is 1. The summed E-state index contributed by atoms with van der Waals surface area (Å²) in [5.74, 6) is 0.360. The standard InChI is InChI=1S/C25H26N6OS/c1-4-21(32)30-9-5-6-18(13-30)31-25-22(24(26)27-14-28-25)23(29-31)20-8-7-19(33-20)17-11-15(2)10-16(3)12-17/h4,7-8,10-12,14,18H,1,5-6,9,13H2,2-3H3,(H2,26,27,28)/t18-/m1/s1. The number of thiophene rings is 1. The van der Waals surface area contributed by atoms with E-state index in [4.69, 9.17) is 10.8 Å². The number of anilines is 1. The van der Waals surface area contributed by atoms with Crippen molar-refractivity contribution in [1.29, 1.82) is 0 Å². The largest absolute Gasteiger partial charge is 0.383 e.